The molecular formula is C38H63N7O4. The Morgan fingerprint density at radius 2 is 1.49 bits per heavy atom. The number of nitrogens with one attached hydrogen (secondary N) is 3. The highest BCUT2D eigenvalue weighted by Crippen LogP contribution is 2.18. The van der Waals surface area contributed by atoms with Crippen molar-refractivity contribution in [1.82, 2.24) is 25.8 Å². The van der Waals surface area contributed by atoms with Crippen LogP contribution in [-0.2, 0) is 22.4 Å². The number of aliphatic carboxylic acids is 1. The quantitative estimate of drug-likeness (QED) is 0.0864. The molecule has 3 rings (SSSR count). The summed E-state index contributed by atoms with van der Waals surface area (Å²) in [4.78, 5) is 28.8. The predicted octanol–water partition coefficient (Wildman–Crippen LogP) is 2.17. The van der Waals surface area contributed by atoms with Crippen molar-refractivity contribution < 1.29 is 19.8 Å². The van der Waals surface area contributed by atoms with Crippen LogP contribution in [0.1, 0.15) is 64.0 Å². The maximum absolute atomic E-state index is 13.9. The molecule has 0 aliphatic carbocycles. The van der Waals surface area contributed by atoms with Crippen LogP contribution in [0.3, 0.4) is 0 Å². The molecule has 1 heterocycles. The lowest BCUT2D eigenvalue weighted by Gasteiger charge is -2.43. The summed E-state index contributed by atoms with van der Waals surface area (Å²) in [5.74, 6) is -0.775. The van der Waals surface area contributed by atoms with Crippen LogP contribution in [0.25, 0.3) is 0 Å². The van der Waals surface area contributed by atoms with Crippen LogP contribution in [0, 0.1) is 5.92 Å². The average molecular weight is 682 g/mol. The number of hydrogen-bond donors (Lipinski definition) is 7. The molecule has 1 saturated heterocycles. The second kappa shape index (κ2) is 22.0. The molecular weight excluding hydrogens is 618 g/mol. The summed E-state index contributed by atoms with van der Waals surface area (Å²) in [7, 11) is 0. The number of piperazine rings is 1. The Balaban J connectivity index is 1.65. The van der Waals surface area contributed by atoms with E-state index in [0.717, 1.165) is 38.6 Å². The third-order valence-electron chi connectivity index (χ3n) is 9.45. The molecule has 2 aromatic rings. The first-order chi connectivity index (χ1) is 23.6. The monoisotopic (exact) mass is 681 g/mol. The number of hydrogen-bond acceptors (Lipinski definition) is 9. The highest BCUT2D eigenvalue weighted by molar-refractivity contribution is 5.82. The van der Waals surface area contributed by atoms with Gasteiger partial charge in [-0.3, -0.25) is 9.69 Å². The van der Waals surface area contributed by atoms with E-state index in [4.69, 9.17) is 11.5 Å². The van der Waals surface area contributed by atoms with Crippen LogP contribution < -0.4 is 27.4 Å². The lowest BCUT2D eigenvalue weighted by Crippen LogP contribution is -2.61. The average Bonchev–Trinajstić information content (AvgIpc) is 3.10. The Hall–Kier alpha value is -2.90. The highest BCUT2D eigenvalue weighted by atomic mass is 16.4. The fourth-order valence-corrected chi connectivity index (χ4v) is 6.75. The largest absolute Gasteiger partial charge is 0.478 e. The molecule has 1 aliphatic heterocycles. The lowest BCUT2D eigenvalue weighted by atomic mass is 10.0. The zero-order chi connectivity index (χ0) is 35.6. The van der Waals surface area contributed by atoms with Gasteiger partial charge in [0.2, 0.25) is 12.1 Å². The third kappa shape index (κ3) is 14.5. The molecule has 9 N–H and O–H groups in total. The van der Waals surface area contributed by atoms with Gasteiger partial charge in [-0.05, 0) is 62.1 Å². The molecule has 0 bridgehead atoms. The van der Waals surface area contributed by atoms with E-state index in [1.165, 1.54) is 11.1 Å². The predicted molar refractivity (Wildman–Crippen MR) is 197 cm³/mol. The van der Waals surface area contributed by atoms with Gasteiger partial charge in [-0.2, -0.15) is 0 Å². The number of nitrogens with zero attached hydrogens (tertiary/aromatic N) is 2. The number of amides is 1. The van der Waals surface area contributed by atoms with E-state index in [2.05, 4.69) is 66.2 Å². The number of carboxylic acids is 1. The number of aliphatic hydroxyl groups excluding tert-OH is 1. The van der Waals surface area contributed by atoms with Gasteiger partial charge in [0.1, 0.15) is 0 Å². The molecule has 274 valence electrons. The minimum absolute atomic E-state index is 0.00402. The summed E-state index contributed by atoms with van der Waals surface area (Å²) >= 11 is 0. The first kappa shape index (κ1) is 40.5. The minimum atomic E-state index is -1.57. The number of nitrogens with two attached hydrogens (primary N) is 2. The van der Waals surface area contributed by atoms with Crippen molar-refractivity contribution in [1.29, 1.82) is 0 Å². The number of unbranched alkanes of at least 4 members (excludes halogenated alkanes) is 1. The van der Waals surface area contributed by atoms with Crippen molar-refractivity contribution in [2.45, 2.75) is 102 Å². The van der Waals surface area contributed by atoms with Crippen LogP contribution in [0.4, 0.5) is 0 Å². The Morgan fingerprint density at radius 3 is 2.08 bits per heavy atom. The van der Waals surface area contributed by atoms with Crippen LogP contribution in [0.15, 0.2) is 60.7 Å². The van der Waals surface area contributed by atoms with Crippen molar-refractivity contribution in [2.24, 2.45) is 17.4 Å². The van der Waals surface area contributed by atoms with Gasteiger partial charge >= 0.3 is 5.97 Å². The fraction of sp³-hybridized carbons (Fsp3) is 0.632. The Kier molecular flexibility index (Phi) is 18.2. The zero-order valence-corrected chi connectivity index (χ0v) is 30.0. The van der Waals surface area contributed by atoms with Crippen molar-refractivity contribution in [2.75, 3.05) is 45.8 Å². The topological polar surface area (TPSA) is 169 Å². The Morgan fingerprint density at radius 1 is 0.878 bits per heavy atom. The van der Waals surface area contributed by atoms with Crippen LogP contribution in [0.5, 0.6) is 0 Å². The van der Waals surface area contributed by atoms with E-state index < -0.39 is 12.2 Å². The molecule has 11 heteroatoms. The molecule has 1 amide bonds. The summed E-state index contributed by atoms with van der Waals surface area (Å²) < 4.78 is 0. The van der Waals surface area contributed by atoms with Gasteiger partial charge in [-0.1, -0.05) is 87.9 Å². The molecule has 0 spiro atoms. The number of aliphatic hydroxyl groups is 1. The normalized spacial score (nSPS) is 18.6. The van der Waals surface area contributed by atoms with Gasteiger partial charge in [0.05, 0.1) is 6.04 Å². The van der Waals surface area contributed by atoms with Crippen LogP contribution >= 0.6 is 0 Å². The summed E-state index contributed by atoms with van der Waals surface area (Å²) in [6.07, 6.45) is 4.06. The zero-order valence-electron chi connectivity index (χ0n) is 30.0. The molecule has 1 aliphatic rings. The molecule has 0 radical (unpaired) electrons. The van der Waals surface area contributed by atoms with Crippen molar-refractivity contribution in [3.05, 3.63) is 71.8 Å². The third-order valence-corrected chi connectivity index (χ3v) is 9.45. The van der Waals surface area contributed by atoms with E-state index in [9.17, 15) is 19.8 Å². The van der Waals surface area contributed by atoms with Gasteiger partial charge in [0, 0.05) is 63.4 Å². The second-order valence-corrected chi connectivity index (χ2v) is 14.0. The molecule has 0 saturated carbocycles. The second-order valence-electron chi connectivity index (χ2n) is 14.0. The SMILES string of the molecule is CCC1CN(C(=O)[C@@H](CCCCN)NC[C@@H](CC(C)C)NC[C@@H](Cc2ccccc2)NC[C@H](N)Cc2ccccc2)CCN1C(O)C(=O)O. The van der Waals surface area contributed by atoms with Crippen molar-refractivity contribution >= 4 is 11.9 Å². The van der Waals surface area contributed by atoms with E-state index in [1.54, 1.807) is 4.90 Å². The Labute approximate surface area is 294 Å². The summed E-state index contributed by atoms with van der Waals surface area (Å²) in [5, 5.41) is 30.8. The van der Waals surface area contributed by atoms with Gasteiger partial charge in [0.15, 0.2) is 0 Å². The minimum Gasteiger partial charge on any atom is -0.478 e. The van der Waals surface area contributed by atoms with Crippen molar-refractivity contribution in [3.8, 4) is 0 Å². The molecule has 6 atom stereocenters. The number of carbonyl (C=O) groups is 2. The van der Waals surface area contributed by atoms with E-state index in [-0.39, 0.29) is 36.1 Å². The summed E-state index contributed by atoms with van der Waals surface area (Å²) in [6.45, 7) is 10.1. The molecule has 2 unspecified atom stereocenters. The lowest BCUT2D eigenvalue weighted by molar-refractivity contribution is -0.164. The number of carbonyl (C=O) groups excluding carboxylic acids is 1. The van der Waals surface area contributed by atoms with E-state index >= 15 is 0 Å². The standard InChI is InChI=1S/C38H63N7O4/c1-4-34-27-44(19-20-45(34)37(47)38(48)49)36(46)35(17-11-12-18-39)43-26-32(21-28(2)3)42-25-33(23-30-15-9-6-10-16-30)41-24-31(40)22-29-13-7-5-8-14-29/h5-10,13-16,28,31-35,37,41-43,47H,4,11-12,17-27,39-40H2,1-3H3,(H,48,49)/t31-,32-,33-,34?,35-,37?/m1/s1. The van der Waals surface area contributed by atoms with Gasteiger partial charge < -0.3 is 42.5 Å². The Bertz CT molecular complexity index is 1210. The van der Waals surface area contributed by atoms with Gasteiger partial charge in [0.25, 0.3) is 0 Å². The van der Waals surface area contributed by atoms with E-state index in [0.29, 0.717) is 58.0 Å². The number of rotatable bonds is 23. The number of benzene rings is 2. The fourth-order valence-electron chi connectivity index (χ4n) is 6.75. The first-order valence-corrected chi connectivity index (χ1v) is 18.3. The van der Waals surface area contributed by atoms with Crippen molar-refractivity contribution in [3.63, 3.8) is 0 Å². The number of carboxylic acid groups (broad SMARTS) is 1. The van der Waals surface area contributed by atoms with Gasteiger partial charge in [-0.25, -0.2) is 4.79 Å². The smallest absolute Gasteiger partial charge is 0.348 e. The summed E-state index contributed by atoms with van der Waals surface area (Å²) in [5.41, 5.74) is 14.9. The molecule has 1 fully saturated rings. The maximum Gasteiger partial charge on any atom is 0.348 e. The summed E-state index contributed by atoms with van der Waals surface area (Å²) in [6, 6.07) is 20.6. The first-order valence-electron chi connectivity index (χ1n) is 18.3. The van der Waals surface area contributed by atoms with E-state index in [1.807, 2.05) is 36.1 Å². The van der Waals surface area contributed by atoms with Gasteiger partial charge in [-0.15, -0.1) is 0 Å². The van der Waals surface area contributed by atoms with Crippen LogP contribution in [0.2, 0.25) is 0 Å². The molecule has 0 aromatic heterocycles. The maximum atomic E-state index is 13.9. The highest BCUT2D eigenvalue weighted by Gasteiger charge is 2.36. The molecule has 11 nitrogen and oxygen atoms in total. The molecule has 2 aromatic carbocycles. The molecule has 49 heavy (non-hydrogen) atoms. The van der Waals surface area contributed by atoms with Crippen LogP contribution in [-0.4, -0.2) is 114 Å².